The summed E-state index contributed by atoms with van der Waals surface area (Å²) in [6.07, 6.45) is 2.44. The molecule has 0 bridgehead atoms. The van der Waals surface area contributed by atoms with Crippen LogP contribution in [0.1, 0.15) is 23.7 Å². The van der Waals surface area contributed by atoms with Crippen molar-refractivity contribution in [2.24, 2.45) is 0 Å². The number of aliphatic hydroxyl groups is 1. The summed E-state index contributed by atoms with van der Waals surface area (Å²) < 4.78 is 0. The van der Waals surface area contributed by atoms with Crippen LogP contribution >= 0.6 is 0 Å². The van der Waals surface area contributed by atoms with Crippen LogP contribution in [0.5, 0.6) is 0 Å². The fourth-order valence-electron chi connectivity index (χ4n) is 1.82. The summed E-state index contributed by atoms with van der Waals surface area (Å²) in [6, 6.07) is 12.3. The topological polar surface area (TPSA) is 60.9 Å². The molecular formula is C13H17N3O. The summed E-state index contributed by atoms with van der Waals surface area (Å²) in [5.41, 5.74) is 2.24. The predicted molar refractivity (Wildman–Crippen MR) is 66.3 cm³/mol. The zero-order chi connectivity index (χ0) is 11.9. The van der Waals surface area contributed by atoms with E-state index < -0.39 is 0 Å². The highest BCUT2D eigenvalue weighted by atomic mass is 16.3. The molecule has 0 unspecified atom stereocenters. The van der Waals surface area contributed by atoms with E-state index in [1.165, 1.54) is 5.56 Å². The van der Waals surface area contributed by atoms with Gasteiger partial charge in [0.25, 0.3) is 0 Å². The molecule has 90 valence electrons. The Morgan fingerprint density at radius 1 is 1.24 bits per heavy atom. The van der Waals surface area contributed by atoms with Crippen LogP contribution in [0.15, 0.2) is 42.6 Å². The van der Waals surface area contributed by atoms with Crippen LogP contribution < -0.4 is 5.32 Å². The molecule has 0 radical (unpaired) electrons. The first-order chi connectivity index (χ1) is 8.40. The fraction of sp³-hybridized carbons (Fsp3) is 0.308. The number of aromatic nitrogens is 2. The summed E-state index contributed by atoms with van der Waals surface area (Å²) in [7, 11) is 0. The first-order valence-corrected chi connectivity index (χ1v) is 5.77. The maximum absolute atomic E-state index is 9.10. The number of H-pyrrole nitrogens is 1. The molecule has 0 aliphatic rings. The molecule has 0 spiro atoms. The molecule has 4 nitrogen and oxygen atoms in total. The van der Waals surface area contributed by atoms with Crippen molar-refractivity contribution in [2.45, 2.75) is 19.0 Å². The van der Waals surface area contributed by atoms with Crippen molar-refractivity contribution in [3.05, 3.63) is 53.9 Å². The van der Waals surface area contributed by atoms with Gasteiger partial charge < -0.3 is 10.4 Å². The molecule has 17 heavy (non-hydrogen) atoms. The van der Waals surface area contributed by atoms with Gasteiger partial charge in [0.1, 0.15) is 0 Å². The minimum atomic E-state index is 0.171. The number of nitrogens with one attached hydrogen (secondary N) is 2. The largest absolute Gasteiger partial charge is 0.396 e. The van der Waals surface area contributed by atoms with E-state index in [4.69, 9.17) is 5.11 Å². The van der Waals surface area contributed by atoms with E-state index in [1.54, 1.807) is 6.20 Å². The zero-order valence-corrected chi connectivity index (χ0v) is 9.63. The number of aliphatic hydroxyl groups excluding tert-OH is 1. The minimum Gasteiger partial charge on any atom is -0.396 e. The van der Waals surface area contributed by atoms with Gasteiger partial charge in [-0.05, 0) is 18.1 Å². The number of aromatic amines is 1. The lowest BCUT2D eigenvalue weighted by molar-refractivity contribution is 0.265. The van der Waals surface area contributed by atoms with Gasteiger partial charge in [-0.25, -0.2) is 0 Å². The Morgan fingerprint density at radius 2 is 2.06 bits per heavy atom. The molecule has 0 aliphatic carbocycles. The molecular weight excluding hydrogens is 214 g/mol. The Balaban J connectivity index is 1.98. The number of rotatable bonds is 6. The van der Waals surface area contributed by atoms with Crippen LogP contribution in [-0.4, -0.2) is 21.9 Å². The van der Waals surface area contributed by atoms with E-state index in [1.807, 2.05) is 24.3 Å². The second-order valence-corrected chi connectivity index (χ2v) is 3.94. The summed E-state index contributed by atoms with van der Waals surface area (Å²) in [5, 5.41) is 19.3. The van der Waals surface area contributed by atoms with Gasteiger partial charge >= 0.3 is 0 Å². The van der Waals surface area contributed by atoms with Gasteiger partial charge in [0.2, 0.25) is 0 Å². The van der Waals surface area contributed by atoms with Crippen LogP contribution in [0.3, 0.4) is 0 Å². The first-order valence-electron chi connectivity index (χ1n) is 5.77. The molecule has 0 saturated carbocycles. The van der Waals surface area contributed by atoms with Crippen molar-refractivity contribution in [1.29, 1.82) is 0 Å². The van der Waals surface area contributed by atoms with Crippen LogP contribution in [0, 0.1) is 0 Å². The molecule has 0 saturated heterocycles. The maximum atomic E-state index is 9.10. The Morgan fingerprint density at radius 3 is 2.71 bits per heavy atom. The Hall–Kier alpha value is -1.65. The molecule has 1 aromatic carbocycles. The lowest BCUT2D eigenvalue weighted by Crippen LogP contribution is -2.22. The maximum Gasteiger partial charge on any atom is 0.0490 e. The standard InChI is InChI=1S/C13H17N3O/c17-9-7-13(11-4-2-1-3-5-11)14-10-12-6-8-15-16-12/h1-6,8,13-14,17H,7,9-10H2,(H,15,16)/t13-/m1/s1. The molecule has 1 atom stereocenters. The lowest BCUT2D eigenvalue weighted by atomic mass is 10.0. The number of hydrogen-bond donors (Lipinski definition) is 3. The average Bonchev–Trinajstić information content (AvgIpc) is 2.88. The van der Waals surface area contributed by atoms with E-state index in [2.05, 4.69) is 27.6 Å². The summed E-state index contributed by atoms with van der Waals surface area (Å²) in [5.74, 6) is 0. The Kier molecular flexibility index (Phi) is 4.30. The van der Waals surface area contributed by atoms with Crippen LogP contribution in [0.2, 0.25) is 0 Å². The normalized spacial score (nSPS) is 12.5. The van der Waals surface area contributed by atoms with Crippen molar-refractivity contribution < 1.29 is 5.11 Å². The number of hydrogen-bond acceptors (Lipinski definition) is 3. The summed E-state index contributed by atoms with van der Waals surface area (Å²) in [4.78, 5) is 0. The predicted octanol–water partition coefficient (Wildman–Crippen LogP) is 1.62. The Labute approximate surface area is 101 Å². The SMILES string of the molecule is OCC[C@@H](NCc1ccn[nH]1)c1ccccc1. The molecule has 1 aromatic heterocycles. The molecule has 1 heterocycles. The van der Waals surface area contributed by atoms with Gasteiger partial charge in [-0.1, -0.05) is 30.3 Å². The molecule has 4 heteroatoms. The lowest BCUT2D eigenvalue weighted by Gasteiger charge is -2.17. The van der Waals surface area contributed by atoms with Crippen molar-refractivity contribution >= 4 is 0 Å². The van der Waals surface area contributed by atoms with Gasteiger partial charge in [-0.3, -0.25) is 5.10 Å². The number of benzene rings is 1. The fourth-order valence-corrected chi connectivity index (χ4v) is 1.82. The molecule has 2 rings (SSSR count). The first kappa shape index (κ1) is 11.8. The third kappa shape index (κ3) is 3.41. The van der Waals surface area contributed by atoms with E-state index in [9.17, 15) is 0 Å². The van der Waals surface area contributed by atoms with E-state index >= 15 is 0 Å². The van der Waals surface area contributed by atoms with Crippen LogP contribution in [0.25, 0.3) is 0 Å². The zero-order valence-electron chi connectivity index (χ0n) is 9.63. The van der Waals surface area contributed by atoms with E-state index in [0.717, 1.165) is 12.2 Å². The second kappa shape index (κ2) is 6.18. The van der Waals surface area contributed by atoms with Gasteiger partial charge in [0.05, 0.1) is 0 Å². The summed E-state index contributed by atoms with van der Waals surface area (Å²) in [6.45, 7) is 0.898. The van der Waals surface area contributed by atoms with Gasteiger partial charge in [0.15, 0.2) is 0 Å². The van der Waals surface area contributed by atoms with E-state index in [-0.39, 0.29) is 12.6 Å². The van der Waals surface area contributed by atoms with Crippen molar-refractivity contribution in [2.75, 3.05) is 6.61 Å². The van der Waals surface area contributed by atoms with Crippen molar-refractivity contribution in [3.8, 4) is 0 Å². The molecule has 0 amide bonds. The minimum absolute atomic E-state index is 0.171. The Bertz CT molecular complexity index is 413. The monoisotopic (exact) mass is 231 g/mol. The van der Waals surface area contributed by atoms with Crippen LogP contribution in [0.4, 0.5) is 0 Å². The van der Waals surface area contributed by atoms with E-state index in [0.29, 0.717) is 6.42 Å². The molecule has 0 fully saturated rings. The highest BCUT2D eigenvalue weighted by Crippen LogP contribution is 2.16. The van der Waals surface area contributed by atoms with Crippen molar-refractivity contribution in [3.63, 3.8) is 0 Å². The number of nitrogens with zero attached hydrogens (tertiary/aromatic N) is 1. The van der Waals surface area contributed by atoms with Gasteiger partial charge in [-0.15, -0.1) is 0 Å². The second-order valence-electron chi connectivity index (χ2n) is 3.94. The average molecular weight is 231 g/mol. The highest BCUT2D eigenvalue weighted by molar-refractivity contribution is 5.19. The third-order valence-electron chi connectivity index (χ3n) is 2.72. The summed E-state index contributed by atoms with van der Waals surface area (Å²) >= 11 is 0. The smallest absolute Gasteiger partial charge is 0.0490 e. The van der Waals surface area contributed by atoms with Crippen LogP contribution in [-0.2, 0) is 6.54 Å². The third-order valence-corrected chi connectivity index (χ3v) is 2.72. The van der Waals surface area contributed by atoms with Crippen molar-refractivity contribution in [1.82, 2.24) is 15.5 Å². The molecule has 0 aliphatic heterocycles. The highest BCUT2D eigenvalue weighted by Gasteiger charge is 2.09. The quantitative estimate of drug-likeness (QED) is 0.708. The molecule has 2 aromatic rings. The van der Waals surface area contributed by atoms with Gasteiger partial charge in [0, 0.05) is 31.1 Å². The molecule has 3 N–H and O–H groups in total. The van der Waals surface area contributed by atoms with Gasteiger partial charge in [-0.2, -0.15) is 5.10 Å².